The molecule has 0 bridgehead atoms. The summed E-state index contributed by atoms with van der Waals surface area (Å²) >= 11 is 0.653. The van der Waals surface area contributed by atoms with Gasteiger partial charge in [0.2, 0.25) is 0 Å². The number of fused-ring (bicyclic) bond motifs is 1. The molecule has 4 rings (SSSR count). The topological polar surface area (TPSA) is 116 Å². The van der Waals surface area contributed by atoms with Crippen molar-refractivity contribution in [1.82, 2.24) is 14.8 Å². The molecule has 31 heavy (non-hydrogen) atoms. The summed E-state index contributed by atoms with van der Waals surface area (Å²) < 4.78 is 47.1. The number of rotatable bonds is 5. The van der Waals surface area contributed by atoms with E-state index in [0.717, 1.165) is 6.07 Å². The number of anilines is 1. The fourth-order valence-electron chi connectivity index (χ4n) is 3.00. The number of nitrogens with zero attached hydrogens (tertiary/aromatic N) is 3. The Morgan fingerprint density at radius 2 is 2.10 bits per heavy atom. The Morgan fingerprint density at radius 3 is 2.68 bits per heavy atom. The number of furan rings is 1. The molecule has 4 aromatic heterocycles. The molecule has 0 saturated carbocycles. The van der Waals surface area contributed by atoms with E-state index in [1.54, 1.807) is 6.20 Å². The minimum atomic E-state index is -4.73. The van der Waals surface area contributed by atoms with Gasteiger partial charge in [-0.05, 0) is 31.2 Å². The highest BCUT2D eigenvalue weighted by molar-refractivity contribution is 7.21. The van der Waals surface area contributed by atoms with E-state index in [0.29, 0.717) is 17.9 Å². The van der Waals surface area contributed by atoms with E-state index in [1.165, 1.54) is 29.1 Å². The molecule has 0 atom stereocenters. The van der Waals surface area contributed by atoms with Crippen LogP contribution in [-0.2, 0) is 12.7 Å². The van der Waals surface area contributed by atoms with Gasteiger partial charge in [0.05, 0.1) is 12.0 Å². The first kappa shape index (κ1) is 20.6. The lowest BCUT2D eigenvalue weighted by Crippen LogP contribution is -2.17. The van der Waals surface area contributed by atoms with Crippen LogP contribution in [0.25, 0.3) is 21.5 Å². The van der Waals surface area contributed by atoms with Gasteiger partial charge in [-0.15, -0.1) is 11.3 Å². The Morgan fingerprint density at radius 1 is 1.32 bits per heavy atom. The van der Waals surface area contributed by atoms with E-state index in [1.807, 2.05) is 6.92 Å². The van der Waals surface area contributed by atoms with Crippen molar-refractivity contribution in [3.63, 3.8) is 0 Å². The third kappa shape index (κ3) is 3.77. The van der Waals surface area contributed by atoms with Gasteiger partial charge in [0.1, 0.15) is 21.2 Å². The van der Waals surface area contributed by atoms with E-state index in [9.17, 15) is 22.8 Å². The molecule has 0 spiro atoms. The Kier molecular flexibility index (Phi) is 5.01. The van der Waals surface area contributed by atoms with Crippen LogP contribution in [0.15, 0.2) is 41.1 Å². The quantitative estimate of drug-likeness (QED) is 0.475. The van der Waals surface area contributed by atoms with Crippen molar-refractivity contribution in [2.45, 2.75) is 19.6 Å². The molecule has 160 valence electrons. The zero-order valence-corrected chi connectivity index (χ0v) is 16.7. The van der Waals surface area contributed by atoms with Gasteiger partial charge >= 0.3 is 6.18 Å². The second kappa shape index (κ2) is 7.54. The van der Waals surface area contributed by atoms with Crippen LogP contribution in [0.1, 0.15) is 32.8 Å². The summed E-state index contributed by atoms with van der Waals surface area (Å²) in [5.74, 6) is -1.46. The summed E-state index contributed by atoms with van der Waals surface area (Å²) in [6.07, 6.45) is -1.84. The van der Waals surface area contributed by atoms with Crippen LogP contribution in [0.4, 0.5) is 18.9 Å². The number of primary amides is 1. The molecule has 4 aromatic rings. The van der Waals surface area contributed by atoms with Crippen molar-refractivity contribution in [2.75, 3.05) is 5.32 Å². The molecule has 4 heterocycles. The van der Waals surface area contributed by atoms with Gasteiger partial charge in [-0.2, -0.15) is 18.3 Å². The number of carbonyl (C=O) groups excluding carboxylic acids is 2. The second-order valence-electron chi connectivity index (χ2n) is 6.39. The molecule has 12 heteroatoms. The molecule has 0 saturated heterocycles. The third-order valence-corrected chi connectivity index (χ3v) is 5.50. The highest BCUT2D eigenvalue weighted by Crippen LogP contribution is 2.43. The van der Waals surface area contributed by atoms with E-state index in [4.69, 9.17) is 10.2 Å². The zero-order chi connectivity index (χ0) is 22.3. The van der Waals surface area contributed by atoms with Gasteiger partial charge in [0, 0.05) is 23.7 Å². The lowest BCUT2D eigenvalue weighted by atomic mass is 10.1. The van der Waals surface area contributed by atoms with E-state index in [-0.39, 0.29) is 37.8 Å². The number of pyridine rings is 1. The molecular weight excluding hydrogens is 435 g/mol. The van der Waals surface area contributed by atoms with Crippen LogP contribution in [-0.4, -0.2) is 26.6 Å². The predicted molar refractivity (Wildman–Crippen MR) is 107 cm³/mol. The first-order chi connectivity index (χ1) is 14.7. The van der Waals surface area contributed by atoms with Gasteiger partial charge in [-0.25, -0.2) is 4.98 Å². The molecular formula is C19H14F3N5O3S. The number of nitrogens with two attached hydrogens (primary N) is 1. The number of aromatic nitrogens is 3. The zero-order valence-electron chi connectivity index (χ0n) is 15.9. The summed E-state index contributed by atoms with van der Waals surface area (Å²) in [5, 5.41) is 6.77. The molecule has 0 aliphatic carbocycles. The van der Waals surface area contributed by atoms with Gasteiger partial charge in [0.25, 0.3) is 11.8 Å². The van der Waals surface area contributed by atoms with Gasteiger partial charge in [-0.1, -0.05) is 0 Å². The molecule has 0 aromatic carbocycles. The lowest BCUT2D eigenvalue weighted by Gasteiger charge is -2.10. The number of hydrogen-bond acceptors (Lipinski definition) is 6. The number of aryl methyl sites for hydroxylation is 1. The Labute approximate surface area is 176 Å². The average molecular weight is 449 g/mol. The lowest BCUT2D eigenvalue weighted by molar-refractivity contribution is -0.140. The van der Waals surface area contributed by atoms with Gasteiger partial charge in [-0.3, -0.25) is 14.3 Å². The van der Waals surface area contributed by atoms with E-state index < -0.39 is 23.7 Å². The van der Waals surface area contributed by atoms with Crippen LogP contribution in [0, 0.1) is 0 Å². The van der Waals surface area contributed by atoms with E-state index >= 15 is 0 Å². The first-order valence-electron chi connectivity index (χ1n) is 8.92. The van der Waals surface area contributed by atoms with Gasteiger partial charge in [0.15, 0.2) is 5.69 Å². The molecule has 0 fully saturated rings. The first-order valence-corrected chi connectivity index (χ1v) is 9.74. The summed E-state index contributed by atoms with van der Waals surface area (Å²) in [6.45, 7) is 2.37. The molecule has 3 N–H and O–H groups in total. The minimum Gasteiger partial charge on any atom is -0.464 e. The minimum absolute atomic E-state index is 0.0143. The Hall–Kier alpha value is -3.67. The number of carbonyl (C=O) groups is 2. The Balaban J connectivity index is 1.94. The maximum atomic E-state index is 13.4. The summed E-state index contributed by atoms with van der Waals surface area (Å²) in [5.41, 5.74) is 4.31. The maximum Gasteiger partial charge on any atom is 0.433 e. The largest absolute Gasteiger partial charge is 0.464 e. The third-order valence-electron chi connectivity index (χ3n) is 4.40. The summed E-state index contributed by atoms with van der Waals surface area (Å²) in [4.78, 5) is 28.1. The molecule has 0 aliphatic heterocycles. The average Bonchev–Trinajstić information content (AvgIpc) is 3.46. The number of hydrogen-bond donors (Lipinski definition) is 2. The fourth-order valence-corrected chi connectivity index (χ4v) is 4.01. The second-order valence-corrected chi connectivity index (χ2v) is 7.39. The van der Waals surface area contributed by atoms with Crippen molar-refractivity contribution in [1.29, 1.82) is 0 Å². The molecule has 2 amide bonds. The standard InChI is InChI=1S/C19H14F3N5O3S/c1-2-27-6-5-10(26-27)17(29)25-14-13-9(11-4-3-7-30-11)8-12(19(20,21)22)24-18(13)31-15(14)16(23)28/h3-8H,2H2,1H3,(H2,23,28)(H,25,29). The highest BCUT2D eigenvalue weighted by atomic mass is 32.1. The van der Waals surface area contributed by atoms with Crippen molar-refractivity contribution in [2.24, 2.45) is 5.73 Å². The fraction of sp³-hybridized carbons (Fsp3) is 0.158. The summed E-state index contributed by atoms with van der Waals surface area (Å²) in [6, 6.07) is 5.25. The number of amides is 2. The molecule has 0 radical (unpaired) electrons. The molecule has 8 nitrogen and oxygen atoms in total. The highest BCUT2D eigenvalue weighted by Gasteiger charge is 2.35. The van der Waals surface area contributed by atoms with Crippen LogP contribution in [0.5, 0.6) is 0 Å². The van der Waals surface area contributed by atoms with Crippen LogP contribution in [0.2, 0.25) is 0 Å². The monoisotopic (exact) mass is 449 g/mol. The number of alkyl halides is 3. The van der Waals surface area contributed by atoms with Crippen LogP contribution >= 0.6 is 11.3 Å². The van der Waals surface area contributed by atoms with Crippen molar-refractivity contribution >= 4 is 39.1 Å². The van der Waals surface area contributed by atoms with Crippen molar-refractivity contribution in [3.05, 3.63) is 53.0 Å². The number of nitrogens with one attached hydrogen (secondary N) is 1. The maximum absolute atomic E-state index is 13.4. The van der Waals surface area contributed by atoms with E-state index in [2.05, 4.69) is 15.4 Å². The smallest absolute Gasteiger partial charge is 0.433 e. The van der Waals surface area contributed by atoms with Crippen LogP contribution in [0.3, 0.4) is 0 Å². The van der Waals surface area contributed by atoms with Crippen LogP contribution < -0.4 is 11.1 Å². The number of halogens is 3. The van der Waals surface area contributed by atoms with Crippen molar-refractivity contribution < 1.29 is 27.2 Å². The summed E-state index contributed by atoms with van der Waals surface area (Å²) in [7, 11) is 0. The Bertz CT molecular complexity index is 1290. The normalized spacial score (nSPS) is 11.7. The SMILES string of the molecule is CCn1ccc(C(=O)Nc2c(C(N)=O)sc3nc(C(F)(F)F)cc(-c4ccco4)c23)n1. The predicted octanol–water partition coefficient (Wildman–Crippen LogP) is 4.14. The molecule has 0 aliphatic rings. The number of thiophene rings is 1. The molecule has 0 unspecified atom stereocenters. The van der Waals surface area contributed by atoms with Crippen molar-refractivity contribution in [3.8, 4) is 11.3 Å². The van der Waals surface area contributed by atoms with Gasteiger partial charge < -0.3 is 15.5 Å².